The molecule has 0 fully saturated rings. The van der Waals surface area contributed by atoms with Crippen molar-refractivity contribution in [2.24, 2.45) is 0 Å². The van der Waals surface area contributed by atoms with Gasteiger partial charge in [-0.3, -0.25) is 0 Å². The average molecular weight is 1020 g/mol. The van der Waals surface area contributed by atoms with Crippen LogP contribution in [-0.4, -0.2) is 0 Å². The Morgan fingerprint density at radius 1 is 0.211 bits per heavy atom. The summed E-state index contributed by atoms with van der Waals surface area (Å²) >= 11 is 0. The Labute approximate surface area is 438 Å². The minimum atomic E-state index is -0.348. The van der Waals surface area contributed by atoms with Crippen LogP contribution >= 0.6 is 0 Å². The van der Waals surface area contributed by atoms with Crippen LogP contribution in [0, 0.1) is 0 Å². The molecule has 4 aliphatic heterocycles. The molecule has 4 heterocycles. The van der Waals surface area contributed by atoms with Crippen molar-refractivity contribution in [3.63, 3.8) is 0 Å². The van der Waals surface area contributed by atoms with Gasteiger partial charge in [-0.05, 0) is 49.9 Å². The van der Waals surface area contributed by atoms with Crippen LogP contribution in [0.5, 0.6) is 92.0 Å². The number of fused-ring (bicyclic) bond motifs is 4. The summed E-state index contributed by atoms with van der Waals surface area (Å²) in [6, 6.07) is 29.9. The topological polar surface area (TPSA) is 282 Å². The number of rotatable bonds is 4. The van der Waals surface area contributed by atoms with E-state index in [1.807, 2.05) is 24.3 Å². The van der Waals surface area contributed by atoms with Crippen LogP contribution in [0.3, 0.4) is 0 Å². The summed E-state index contributed by atoms with van der Waals surface area (Å²) < 4.78 is 56.5. The number of ether oxygens (including phenoxy) is 8. The molecule has 16 heteroatoms. The van der Waals surface area contributed by atoms with Crippen molar-refractivity contribution in [2.75, 3.05) is 45.9 Å². The van der Waals surface area contributed by atoms with Crippen molar-refractivity contribution >= 4 is 45.5 Å². The maximum Gasteiger partial charge on any atom is 0.172 e. The highest BCUT2D eigenvalue weighted by molar-refractivity contribution is 5.77. The lowest BCUT2D eigenvalue weighted by Crippen LogP contribution is -2.12. The van der Waals surface area contributed by atoms with E-state index < -0.39 is 0 Å². The van der Waals surface area contributed by atoms with Crippen LogP contribution in [-0.2, 0) is 0 Å². The smallest absolute Gasteiger partial charge is 0.172 e. The molecule has 13 rings (SSSR count). The molecule has 0 spiro atoms. The molecule has 8 aromatic rings. The standard InChI is InChI=1S/C60H56N8O8/c1-5-25-29-9-31-26(6-2)33-11-35-28(8-4)36-12-34-27(7-3)32-10-30(25)46-22-48(32)72-56-16-40(64)42(66)18-58(56)74-50(34)24-52(36)76-60-20-44(68)43(67)19-59(60)75-51(35)23-49(33)73-57-17-41(65)39(63)15-55(57)71-47(31)21-45(29)69-53-13-37(61)38(62)14-54(53)70-46/h9-28H,5-8,61-68H2,1-4H3. The number of anilines is 8. The van der Waals surface area contributed by atoms with E-state index in [4.69, 9.17) is 83.8 Å². The van der Waals surface area contributed by atoms with E-state index in [1.165, 1.54) is 0 Å². The van der Waals surface area contributed by atoms with Gasteiger partial charge in [0.1, 0.15) is 46.0 Å². The maximum absolute atomic E-state index is 7.07. The maximum atomic E-state index is 7.07. The predicted molar refractivity (Wildman–Crippen MR) is 296 cm³/mol. The Balaban J connectivity index is 1.22. The zero-order valence-corrected chi connectivity index (χ0v) is 42.3. The molecule has 8 bridgehead atoms. The quantitative estimate of drug-likeness (QED) is 0.0761. The summed E-state index contributed by atoms with van der Waals surface area (Å²) in [6.07, 6.45) is 2.45. The fraction of sp³-hybridized carbons (Fsp3) is 0.200. The zero-order chi connectivity index (χ0) is 52.6. The van der Waals surface area contributed by atoms with Crippen molar-refractivity contribution < 1.29 is 37.9 Å². The Morgan fingerprint density at radius 3 is 0.461 bits per heavy atom. The summed E-state index contributed by atoms with van der Waals surface area (Å²) in [7, 11) is 0. The molecule has 0 saturated carbocycles. The molecule has 0 amide bonds. The molecular formula is C60H56N8O8. The van der Waals surface area contributed by atoms with Crippen LogP contribution in [0.4, 0.5) is 45.5 Å². The van der Waals surface area contributed by atoms with E-state index in [9.17, 15) is 0 Å². The lowest BCUT2D eigenvalue weighted by atomic mass is 9.77. The van der Waals surface area contributed by atoms with Gasteiger partial charge in [0, 0.05) is 141 Å². The van der Waals surface area contributed by atoms with Crippen LogP contribution in [0.25, 0.3) is 0 Å². The third kappa shape index (κ3) is 7.18. The number of hydrogen-bond acceptors (Lipinski definition) is 16. The lowest BCUT2D eigenvalue weighted by molar-refractivity contribution is 0.400. The second kappa shape index (κ2) is 17.1. The van der Waals surface area contributed by atoms with Crippen molar-refractivity contribution in [1.29, 1.82) is 0 Å². The molecule has 0 unspecified atom stereocenters. The highest BCUT2D eigenvalue weighted by Gasteiger charge is 2.38. The van der Waals surface area contributed by atoms with E-state index in [0.29, 0.717) is 163 Å². The summed E-state index contributed by atoms with van der Waals surface area (Å²) in [5.41, 5.74) is 61.9. The number of hydrogen-bond donors (Lipinski definition) is 8. The Bertz CT molecular complexity index is 3110. The van der Waals surface area contributed by atoms with E-state index in [2.05, 4.69) is 52.0 Å². The fourth-order valence-corrected chi connectivity index (χ4v) is 11.6. The van der Waals surface area contributed by atoms with Gasteiger partial charge < -0.3 is 83.8 Å². The van der Waals surface area contributed by atoms with Crippen molar-refractivity contribution in [2.45, 2.75) is 77.0 Å². The molecule has 0 aromatic heterocycles. The highest BCUT2D eigenvalue weighted by Crippen LogP contribution is 2.59. The zero-order valence-electron chi connectivity index (χ0n) is 42.3. The van der Waals surface area contributed by atoms with Gasteiger partial charge in [-0.1, -0.05) is 27.7 Å². The van der Waals surface area contributed by atoms with Gasteiger partial charge in [-0.25, -0.2) is 0 Å². The first-order chi connectivity index (χ1) is 36.7. The third-order valence-electron chi connectivity index (χ3n) is 15.6. The van der Waals surface area contributed by atoms with Crippen LogP contribution < -0.4 is 83.8 Å². The molecule has 8 aromatic carbocycles. The van der Waals surface area contributed by atoms with Crippen molar-refractivity contribution in [3.05, 3.63) is 142 Å². The van der Waals surface area contributed by atoms with Gasteiger partial charge in [0.25, 0.3) is 0 Å². The Morgan fingerprint density at radius 2 is 0.342 bits per heavy atom. The first-order valence-corrected chi connectivity index (χ1v) is 25.6. The molecule has 0 saturated heterocycles. The molecule has 0 radical (unpaired) electrons. The molecular weight excluding hydrogens is 961 g/mol. The molecule has 5 aliphatic rings. The Hall–Kier alpha value is -9.44. The molecule has 0 atom stereocenters. The summed E-state index contributed by atoms with van der Waals surface area (Å²) in [4.78, 5) is 0. The second-order valence-corrected chi connectivity index (χ2v) is 20.1. The normalized spacial score (nSPS) is 17.6. The number of nitrogens with two attached hydrogens (primary N) is 8. The van der Waals surface area contributed by atoms with Crippen LogP contribution in [0.1, 0.15) is 122 Å². The predicted octanol–water partition coefficient (Wildman–Crippen LogP) is 14.4. The molecule has 384 valence electrons. The molecule has 76 heavy (non-hydrogen) atoms. The number of nitrogen functional groups attached to an aromatic ring is 8. The first-order valence-electron chi connectivity index (χ1n) is 25.6. The van der Waals surface area contributed by atoms with Gasteiger partial charge in [0.15, 0.2) is 46.0 Å². The van der Waals surface area contributed by atoms with Crippen molar-refractivity contribution in [3.8, 4) is 92.0 Å². The van der Waals surface area contributed by atoms with Gasteiger partial charge >= 0.3 is 0 Å². The van der Waals surface area contributed by atoms with Gasteiger partial charge in [-0.2, -0.15) is 0 Å². The lowest BCUT2D eigenvalue weighted by Gasteiger charge is -2.29. The fourth-order valence-electron chi connectivity index (χ4n) is 11.6. The second-order valence-electron chi connectivity index (χ2n) is 20.1. The monoisotopic (exact) mass is 1020 g/mol. The molecule has 16 nitrogen and oxygen atoms in total. The minimum Gasteiger partial charge on any atom is -0.453 e. The molecule has 1 aliphatic carbocycles. The van der Waals surface area contributed by atoms with Crippen LogP contribution in [0.15, 0.2) is 97.1 Å². The minimum absolute atomic E-state index is 0.311. The van der Waals surface area contributed by atoms with Crippen LogP contribution in [0.2, 0.25) is 0 Å². The number of benzene rings is 8. The third-order valence-corrected chi connectivity index (χ3v) is 15.6. The average Bonchev–Trinajstić information content (AvgIpc) is 3.67. The van der Waals surface area contributed by atoms with E-state index in [1.54, 1.807) is 48.5 Å². The van der Waals surface area contributed by atoms with Gasteiger partial charge in [-0.15, -0.1) is 0 Å². The SMILES string of the molecule is CCC1c2cc3c4cc2Oc2cc(N)c(N)cc2Oc2cc5c(cc21)C(CC)c1cc2c(cc1Oc1cc(N)c(N)cc1O5)Oc1cc(N)c(N)cc1Oc1cc(c(cc1C2CC)C3CC)Oc1cc(N)c(N)cc1O4. The van der Waals surface area contributed by atoms with E-state index in [0.717, 1.165) is 44.5 Å². The molecule has 16 N–H and O–H groups in total. The largest absolute Gasteiger partial charge is 0.453 e. The first kappa shape index (κ1) is 46.4. The summed E-state index contributed by atoms with van der Waals surface area (Å²) in [5.74, 6) is 5.28. The van der Waals surface area contributed by atoms with Crippen molar-refractivity contribution in [1.82, 2.24) is 0 Å². The summed E-state index contributed by atoms with van der Waals surface area (Å²) in [6.45, 7) is 8.59. The Kier molecular flexibility index (Phi) is 10.4. The van der Waals surface area contributed by atoms with E-state index in [-0.39, 0.29) is 23.7 Å². The summed E-state index contributed by atoms with van der Waals surface area (Å²) in [5, 5.41) is 0. The van der Waals surface area contributed by atoms with Gasteiger partial charge in [0.2, 0.25) is 0 Å². The van der Waals surface area contributed by atoms with Gasteiger partial charge in [0.05, 0.1) is 45.5 Å². The van der Waals surface area contributed by atoms with E-state index >= 15 is 0 Å². The highest BCUT2D eigenvalue weighted by atomic mass is 16.5.